The minimum atomic E-state index is -1.08. The summed E-state index contributed by atoms with van der Waals surface area (Å²) < 4.78 is 0.271. The maximum atomic E-state index is 12.7. The number of aliphatic carboxylic acids is 1. The molecule has 1 N–H and O–H groups in total. The number of aromatic nitrogens is 1. The number of rotatable bonds is 4. The van der Waals surface area contributed by atoms with E-state index in [4.69, 9.17) is 22.3 Å². The van der Waals surface area contributed by atoms with Crippen molar-refractivity contribution in [1.82, 2.24) is 9.88 Å². The summed E-state index contributed by atoms with van der Waals surface area (Å²) >= 11 is 6.36. The Morgan fingerprint density at radius 3 is 2.76 bits per heavy atom. The lowest BCUT2D eigenvalue weighted by atomic mass is 10.1. The highest BCUT2D eigenvalue weighted by atomic mass is 32.2. The van der Waals surface area contributed by atoms with Crippen molar-refractivity contribution in [3.63, 3.8) is 0 Å². The standard InChI is InChI=1S/C21H21N3O3S2/c1-13-5-6-16-14(9-13)10-15(19(22-16)23-7-3-2-4-8-23)11-17-20(27)24(12-18(25)26)21(28)29-17/h5-6,9-11H,2-4,7-8,12H2,1H3,(H,25,26)/b17-11-. The van der Waals surface area contributed by atoms with Crippen LogP contribution in [0, 0.1) is 6.92 Å². The van der Waals surface area contributed by atoms with Crippen LogP contribution >= 0.6 is 24.0 Å². The number of anilines is 1. The SMILES string of the molecule is Cc1ccc2nc(N3CCCCC3)c(/C=C3\SC(=S)N(CC(=O)O)C3=O)cc2c1. The van der Waals surface area contributed by atoms with Crippen molar-refractivity contribution in [2.75, 3.05) is 24.5 Å². The molecule has 0 atom stereocenters. The summed E-state index contributed by atoms with van der Waals surface area (Å²) in [5, 5.41) is 10.1. The van der Waals surface area contributed by atoms with Crippen LogP contribution in [0.2, 0.25) is 0 Å². The maximum absolute atomic E-state index is 12.7. The Kier molecular flexibility index (Phi) is 5.56. The zero-order valence-corrected chi connectivity index (χ0v) is 17.7. The highest BCUT2D eigenvalue weighted by Crippen LogP contribution is 2.35. The number of thiocarbonyl (C=S) groups is 1. The highest BCUT2D eigenvalue weighted by molar-refractivity contribution is 8.26. The molecule has 2 fully saturated rings. The number of pyridine rings is 1. The fourth-order valence-electron chi connectivity index (χ4n) is 3.68. The number of amides is 1. The third kappa shape index (κ3) is 4.13. The maximum Gasteiger partial charge on any atom is 0.323 e. The fraction of sp³-hybridized carbons (Fsp3) is 0.333. The first-order valence-corrected chi connectivity index (χ1v) is 10.8. The van der Waals surface area contributed by atoms with E-state index >= 15 is 0 Å². The molecule has 0 saturated carbocycles. The average Bonchev–Trinajstić information content (AvgIpc) is 2.95. The van der Waals surface area contributed by atoms with Gasteiger partial charge in [-0.05, 0) is 50.5 Å². The first-order valence-electron chi connectivity index (χ1n) is 9.56. The average molecular weight is 428 g/mol. The van der Waals surface area contributed by atoms with Gasteiger partial charge in [-0.3, -0.25) is 14.5 Å². The first-order chi connectivity index (χ1) is 13.9. The molecule has 1 aromatic heterocycles. The summed E-state index contributed by atoms with van der Waals surface area (Å²) in [6.07, 6.45) is 5.26. The Hall–Kier alpha value is -2.45. The lowest BCUT2D eigenvalue weighted by Crippen LogP contribution is -2.33. The van der Waals surface area contributed by atoms with Gasteiger partial charge in [0.2, 0.25) is 0 Å². The summed E-state index contributed by atoms with van der Waals surface area (Å²) in [5.41, 5.74) is 2.93. The molecule has 0 radical (unpaired) electrons. The van der Waals surface area contributed by atoms with Crippen LogP contribution in [0.15, 0.2) is 29.2 Å². The summed E-state index contributed by atoms with van der Waals surface area (Å²) in [5.74, 6) is -0.583. The van der Waals surface area contributed by atoms with Crippen LogP contribution in [-0.2, 0) is 9.59 Å². The van der Waals surface area contributed by atoms with Crippen LogP contribution in [0.5, 0.6) is 0 Å². The number of thioether (sulfide) groups is 1. The zero-order chi connectivity index (χ0) is 20.5. The summed E-state index contributed by atoms with van der Waals surface area (Å²) in [6, 6.07) is 8.21. The summed E-state index contributed by atoms with van der Waals surface area (Å²) in [7, 11) is 0. The fourth-order valence-corrected chi connectivity index (χ4v) is 4.93. The first kappa shape index (κ1) is 19.8. The van der Waals surface area contributed by atoms with Crippen LogP contribution in [0.25, 0.3) is 17.0 Å². The van der Waals surface area contributed by atoms with E-state index in [0.29, 0.717) is 4.91 Å². The van der Waals surface area contributed by atoms with Crippen molar-refractivity contribution in [3.8, 4) is 0 Å². The molecule has 0 aliphatic carbocycles. The van der Waals surface area contributed by atoms with Crippen molar-refractivity contribution < 1.29 is 14.7 Å². The Morgan fingerprint density at radius 1 is 1.28 bits per heavy atom. The minimum absolute atomic E-state index is 0.271. The molecule has 1 amide bonds. The monoisotopic (exact) mass is 427 g/mol. The van der Waals surface area contributed by atoms with Gasteiger partial charge in [-0.15, -0.1) is 0 Å². The molecule has 2 aromatic rings. The molecule has 4 rings (SSSR count). The molecule has 0 unspecified atom stereocenters. The molecular weight excluding hydrogens is 406 g/mol. The molecule has 29 heavy (non-hydrogen) atoms. The van der Waals surface area contributed by atoms with Gasteiger partial charge in [-0.2, -0.15) is 0 Å². The Bertz CT molecular complexity index is 1040. The smallest absolute Gasteiger partial charge is 0.323 e. The predicted octanol–water partition coefficient (Wildman–Crippen LogP) is 3.82. The van der Waals surface area contributed by atoms with Gasteiger partial charge < -0.3 is 10.0 Å². The van der Waals surface area contributed by atoms with E-state index in [2.05, 4.69) is 17.0 Å². The number of carboxylic acids is 1. The van der Waals surface area contributed by atoms with Crippen molar-refractivity contribution >= 4 is 63.0 Å². The lowest BCUT2D eigenvalue weighted by molar-refractivity contribution is -0.140. The van der Waals surface area contributed by atoms with E-state index in [1.165, 1.54) is 6.42 Å². The van der Waals surface area contributed by atoms with Crippen LogP contribution < -0.4 is 4.90 Å². The predicted molar refractivity (Wildman–Crippen MR) is 120 cm³/mol. The zero-order valence-electron chi connectivity index (χ0n) is 16.1. The van der Waals surface area contributed by atoms with Crippen molar-refractivity contribution in [3.05, 3.63) is 40.3 Å². The molecule has 2 aliphatic rings. The van der Waals surface area contributed by atoms with Gasteiger partial charge in [0.15, 0.2) is 0 Å². The van der Waals surface area contributed by atoms with Crippen molar-refractivity contribution in [2.45, 2.75) is 26.2 Å². The lowest BCUT2D eigenvalue weighted by Gasteiger charge is -2.29. The Morgan fingerprint density at radius 2 is 2.03 bits per heavy atom. The molecule has 6 nitrogen and oxygen atoms in total. The number of nitrogens with zero attached hydrogens (tertiary/aromatic N) is 3. The Labute approximate surface area is 178 Å². The Balaban J connectivity index is 1.78. The van der Waals surface area contributed by atoms with Crippen LogP contribution in [0.1, 0.15) is 30.4 Å². The van der Waals surface area contributed by atoms with Crippen LogP contribution in [0.3, 0.4) is 0 Å². The van der Waals surface area contributed by atoms with Crippen molar-refractivity contribution in [1.29, 1.82) is 0 Å². The van der Waals surface area contributed by atoms with E-state index in [1.54, 1.807) is 6.08 Å². The summed E-state index contributed by atoms with van der Waals surface area (Å²) in [4.78, 5) is 32.5. The number of carbonyl (C=O) groups is 2. The second-order valence-corrected chi connectivity index (χ2v) is 8.98. The third-order valence-corrected chi connectivity index (χ3v) is 6.47. The number of hydrogen-bond donors (Lipinski definition) is 1. The second kappa shape index (κ2) is 8.12. The molecule has 0 spiro atoms. The van der Waals surface area contributed by atoms with E-state index in [0.717, 1.165) is 70.4 Å². The van der Waals surface area contributed by atoms with Crippen LogP contribution in [-0.4, -0.2) is 50.8 Å². The number of fused-ring (bicyclic) bond motifs is 1. The van der Waals surface area contributed by atoms with E-state index in [1.807, 2.05) is 19.1 Å². The third-order valence-electron chi connectivity index (χ3n) is 5.09. The number of carbonyl (C=O) groups excluding carboxylic acids is 1. The number of carboxylic acid groups (broad SMARTS) is 1. The molecule has 2 aliphatic heterocycles. The summed E-state index contributed by atoms with van der Waals surface area (Å²) in [6.45, 7) is 3.49. The van der Waals surface area contributed by atoms with E-state index in [9.17, 15) is 9.59 Å². The molecule has 2 saturated heterocycles. The van der Waals surface area contributed by atoms with E-state index in [-0.39, 0.29) is 10.2 Å². The quantitative estimate of drug-likeness (QED) is 0.587. The minimum Gasteiger partial charge on any atom is -0.480 e. The van der Waals surface area contributed by atoms with Gasteiger partial charge in [0.25, 0.3) is 5.91 Å². The van der Waals surface area contributed by atoms with Gasteiger partial charge >= 0.3 is 5.97 Å². The van der Waals surface area contributed by atoms with Crippen molar-refractivity contribution in [2.24, 2.45) is 0 Å². The number of piperidine rings is 1. The molecule has 150 valence electrons. The number of hydrogen-bond acceptors (Lipinski definition) is 6. The number of benzene rings is 1. The molecular formula is C21H21N3O3S2. The van der Waals surface area contributed by atoms with E-state index < -0.39 is 12.5 Å². The second-order valence-electron chi connectivity index (χ2n) is 7.31. The highest BCUT2D eigenvalue weighted by Gasteiger charge is 2.33. The largest absolute Gasteiger partial charge is 0.480 e. The van der Waals surface area contributed by atoms with Gasteiger partial charge in [-0.25, -0.2) is 4.98 Å². The molecule has 3 heterocycles. The number of aryl methyl sites for hydroxylation is 1. The molecule has 8 heteroatoms. The normalized spacial score (nSPS) is 18.9. The topological polar surface area (TPSA) is 73.7 Å². The molecule has 0 bridgehead atoms. The van der Waals surface area contributed by atoms with Gasteiger partial charge in [0.1, 0.15) is 16.7 Å². The molecule has 1 aromatic carbocycles. The van der Waals surface area contributed by atoms with Gasteiger partial charge in [0.05, 0.1) is 10.4 Å². The van der Waals surface area contributed by atoms with Gasteiger partial charge in [-0.1, -0.05) is 35.6 Å². The van der Waals surface area contributed by atoms with Crippen LogP contribution in [0.4, 0.5) is 5.82 Å². The van der Waals surface area contributed by atoms with Gasteiger partial charge in [0, 0.05) is 24.0 Å².